The van der Waals surface area contributed by atoms with Crippen LogP contribution in [-0.4, -0.2) is 46.7 Å². The Hall–Kier alpha value is -1.71. The average molecular weight is 520 g/mol. The third kappa shape index (κ3) is 9.52. The second-order valence-electron chi connectivity index (χ2n) is 10.2. The van der Waals surface area contributed by atoms with Gasteiger partial charge in [0.05, 0.1) is 0 Å². The van der Waals surface area contributed by atoms with Crippen molar-refractivity contribution in [1.29, 1.82) is 0 Å². The minimum absolute atomic E-state index is 0. The maximum Gasteiger partial charge on any atom is 1.00 e. The maximum absolute atomic E-state index is 13.3. The third-order valence-electron chi connectivity index (χ3n) is 7.47. The summed E-state index contributed by atoms with van der Waals surface area (Å²) in [6.07, 6.45) is 11.9. The van der Waals surface area contributed by atoms with Gasteiger partial charge in [-0.15, -0.1) is 0 Å². The van der Waals surface area contributed by atoms with Gasteiger partial charge >= 0.3 is 24.8 Å². The molecule has 0 radical (unpaired) electrons. The largest absolute Gasteiger partial charge is 1.00 e. The van der Waals surface area contributed by atoms with Crippen LogP contribution in [0.2, 0.25) is 0 Å². The van der Waals surface area contributed by atoms with Crippen LogP contribution in [0, 0.1) is 18.8 Å². The molecule has 1 aliphatic rings. The molecule has 0 saturated heterocycles. The van der Waals surface area contributed by atoms with E-state index < -0.39 is 12.0 Å². The number of rotatable bonds is 13. The van der Waals surface area contributed by atoms with Crippen LogP contribution in [-0.2, 0) is 11.2 Å². The molecule has 1 amide bonds. The molecule has 0 aliphatic heterocycles. The van der Waals surface area contributed by atoms with E-state index in [4.69, 9.17) is 0 Å². The summed E-state index contributed by atoms with van der Waals surface area (Å²) < 4.78 is 0. The number of aliphatic carboxylic acids is 1. The number of aliphatic hydroxyl groups is 1. The van der Waals surface area contributed by atoms with E-state index in [1.807, 2.05) is 49.6 Å². The van der Waals surface area contributed by atoms with Crippen molar-refractivity contribution in [3.8, 4) is 11.1 Å². The number of hydrogen-bond acceptors (Lipinski definition) is 4. The molecular weight excluding hydrogens is 477 g/mol. The smallest absolute Gasteiger partial charge is 1.00 e. The zero-order valence-corrected chi connectivity index (χ0v) is 23.5. The molecule has 5 nitrogen and oxygen atoms in total. The molecule has 3 N–H and O–H groups in total. The molecule has 0 aromatic heterocycles. The first kappa shape index (κ1) is 31.5. The van der Waals surface area contributed by atoms with Gasteiger partial charge in [-0.25, -0.2) is 4.79 Å². The number of carboxylic acids is 1. The quantitative estimate of drug-likeness (QED) is 0.354. The van der Waals surface area contributed by atoms with Crippen molar-refractivity contribution < 1.29 is 40.1 Å². The topological polar surface area (TPSA) is 86.6 Å². The Bertz CT molecular complexity index is 1020. The number of nitrogens with one attached hydrogen (secondary N) is 1. The fraction of sp³-hybridized carbons (Fsp3) is 0.533. The molecule has 1 aliphatic carbocycles. The zero-order chi connectivity index (χ0) is 25.9. The molecule has 2 aromatic rings. The molecule has 0 spiro atoms. The van der Waals surface area contributed by atoms with E-state index in [9.17, 15) is 19.8 Å². The number of thioether (sulfide) groups is 1. The summed E-state index contributed by atoms with van der Waals surface area (Å²) in [4.78, 5) is 25.0. The summed E-state index contributed by atoms with van der Waals surface area (Å²) in [6, 6.07) is 12.8. The van der Waals surface area contributed by atoms with E-state index in [0.29, 0.717) is 17.7 Å². The summed E-state index contributed by atoms with van der Waals surface area (Å²) in [5.41, 5.74) is 4.39. The van der Waals surface area contributed by atoms with E-state index >= 15 is 0 Å². The van der Waals surface area contributed by atoms with Crippen molar-refractivity contribution in [3.63, 3.8) is 0 Å². The van der Waals surface area contributed by atoms with Crippen molar-refractivity contribution in [3.05, 3.63) is 59.2 Å². The second-order valence-corrected chi connectivity index (χ2v) is 11.2. The van der Waals surface area contributed by atoms with Crippen LogP contribution in [0.4, 0.5) is 0 Å². The van der Waals surface area contributed by atoms with E-state index in [2.05, 4.69) is 11.4 Å². The predicted octanol–water partition coefficient (Wildman–Crippen LogP) is 3.23. The first-order valence-electron chi connectivity index (χ1n) is 13.2. The standard InChI is InChI=1S/C30H41NO4S.Li.H/c1-21-8-6-7-11-25(21)27-19-23(18-24(20-32)13-12-22-9-4-3-5-10-22)14-15-26(27)29(33)31-28(30(34)35)16-17-36-2;;/h6-8,11,14-15,19,22,24,28,32H,3-5,9-10,12-13,16-18,20H2,1-2H3,(H,31,33)(H,34,35);;/q;+1;-1. The summed E-state index contributed by atoms with van der Waals surface area (Å²) in [5, 5.41) is 22.4. The van der Waals surface area contributed by atoms with Crippen LogP contribution in [0.3, 0.4) is 0 Å². The number of aliphatic hydroxyl groups excluding tert-OH is 1. The van der Waals surface area contributed by atoms with Gasteiger partial charge in [0, 0.05) is 12.2 Å². The molecule has 3 rings (SSSR count). The van der Waals surface area contributed by atoms with Crippen molar-refractivity contribution in [1.82, 2.24) is 5.32 Å². The first-order chi connectivity index (χ1) is 17.4. The van der Waals surface area contributed by atoms with Gasteiger partial charge in [-0.05, 0) is 78.4 Å². The van der Waals surface area contributed by atoms with Crippen LogP contribution < -0.4 is 24.2 Å². The average Bonchev–Trinajstić information content (AvgIpc) is 2.89. The van der Waals surface area contributed by atoms with Gasteiger partial charge in [0.15, 0.2) is 0 Å². The Balaban J connectivity index is 0.00000361. The number of carbonyl (C=O) groups is 2. The van der Waals surface area contributed by atoms with Gasteiger partial charge in [0.1, 0.15) is 6.04 Å². The molecule has 2 atom stereocenters. The normalized spacial score (nSPS) is 15.4. The Labute approximate surface area is 239 Å². The Morgan fingerprint density at radius 1 is 1.08 bits per heavy atom. The van der Waals surface area contributed by atoms with Crippen LogP contribution in [0.15, 0.2) is 42.5 Å². The molecule has 198 valence electrons. The number of aryl methyl sites for hydroxylation is 1. The van der Waals surface area contributed by atoms with E-state index in [-0.39, 0.29) is 38.7 Å². The number of hydrogen-bond donors (Lipinski definition) is 3. The van der Waals surface area contributed by atoms with Crippen molar-refractivity contribution in [2.24, 2.45) is 11.8 Å². The molecule has 2 unspecified atom stereocenters. The van der Waals surface area contributed by atoms with Crippen LogP contribution in [0.5, 0.6) is 0 Å². The first-order valence-corrected chi connectivity index (χ1v) is 14.6. The predicted molar refractivity (Wildman–Crippen MR) is 150 cm³/mol. The SMILES string of the molecule is CSCCC(NC(=O)c1ccc(CC(CO)CCC2CCCCC2)cc1-c1ccccc1C)C(=O)O.[H-].[Li+]. The van der Waals surface area contributed by atoms with Crippen LogP contribution in [0.1, 0.15) is 74.3 Å². The molecule has 37 heavy (non-hydrogen) atoms. The van der Waals surface area contributed by atoms with E-state index in [0.717, 1.165) is 41.0 Å². The van der Waals surface area contributed by atoms with Crippen molar-refractivity contribution >= 4 is 23.6 Å². The summed E-state index contributed by atoms with van der Waals surface area (Å²) in [6.45, 7) is 2.17. The number of carbonyl (C=O) groups excluding carboxylic acids is 1. The minimum atomic E-state index is -1.02. The molecule has 1 saturated carbocycles. The summed E-state index contributed by atoms with van der Waals surface area (Å²) >= 11 is 1.56. The monoisotopic (exact) mass is 519 g/mol. The number of amides is 1. The Kier molecular flexibility index (Phi) is 13.9. The molecule has 2 aromatic carbocycles. The van der Waals surface area contributed by atoms with E-state index in [1.165, 1.54) is 38.5 Å². The fourth-order valence-electron chi connectivity index (χ4n) is 5.28. The van der Waals surface area contributed by atoms with Gasteiger partial charge in [0.2, 0.25) is 0 Å². The third-order valence-corrected chi connectivity index (χ3v) is 8.11. The molecule has 7 heteroatoms. The molecule has 0 heterocycles. The van der Waals surface area contributed by atoms with Gasteiger partial charge in [-0.2, -0.15) is 11.8 Å². The van der Waals surface area contributed by atoms with Crippen LogP contribution in [0.25, 0.3) is 11.1 Å². The summed E-state index contributed by atoms with van der Waals surface area (Å²) in [5.74, 6) is 0.248. The number of benzene rings is 2. The maximum atomic E-state index is 13.3. The summed E-state index contributed by atoms with van der Waals surface area (Å²) in [7, 11) is 0. The van der Waals surface area contributed by atoms with Gasteiger partial charge in [-0.3, -0.25) is 4.79 Å². The second kappa shape index (κ2) is 16.3. The fourth-order valence-corrected chi connectivity index (χ4v) is 5.75. The van der Waals surface area contributed by atoms with Crippen molar-refractivity contribution in [2.45, 2.75) is 70.8 Å². The number of carboxylic acid groups (broad SMARTS) is 1. The molecule has 0 bridgehead atoms. The molecular formula is C30H42LiNO4S. The zero-order valence-electron chi connectivity index (χ0n) is 23.7. The van der Waals surface area contributed by atoms with E-state index in [1.54, 1.807) is 11.8 Å². The molecule has 1 fully saturated rings. The van der Waals surface area contributed by atoms with Crippen LogP contribution >= 0.6 is 11.8 Å². The Morgan fingerprint density at radius 3 is 2.46 bits per heavy atom. The minimum Gasteiger partial charge on any atom is -1.00 e. The van der Waals surface area contributed by atoms with Gasteiger partial charge in [0.25, 0.3) is 5.91 Å². The van der Waals surface area contributed by atoms with Gasteiger partial charge < -0.3 is 17.0 Å². The van der Waals surface area contributed by atoms with Crippen molar-refractivity contribution in [2.75, 3.05) is 18.6 Å². The van der Waals surface area contributed by atoms with Gasteiger partial charge in [-0.1, -0.05) is 74.9 Å². The Morgan fingerprint density at radius 2 is 1.81 bits per heavy atom.